The molecule has 7 heteroatoms. The van der Waals surface area contributed by atoms with Crippen LogP contribution in [0, 0.1) is 11.8 Å². The Morgan fingerprint density at radius 1 is 0.897 bits per heavy atom. The molecule has 202 valence electrons. The van der Waals surface area contributed by atoms with Crippen LogP contribution in [0.2, 0.25) is 0 Å². The average molecular weight is 527 g/mol. The molecule has 3 aromatic rings. The fourth-order valence-corrected chi connectivity index (χ4v) is 5.98. The fourth-order valence-electron chi connectivity index (χ4n) is 5.98. The lowest BCUT2D eigenvalue weighted by molar-refractivity contribution is -0.166. The number of nitrogens with zero attached hydrogens (tertiary/aromatic N) is 1. The van der Waals surface area contributed by atoms with E-state index in [2.05, 4.69) is 43.4 Å². The van der Waals surface area contributed by atoms with E-state index < -0.39 is 24.0 Å². The number of esters is 1. The van der Waals surface area contributed by atoms with Crippen molar-refractivity contribution in [1.29, 1.82) is 0 Å². The molecule has 1 heterocycles. The average Bonchev–Trinajstić information content (AvgIpc) is 3.26. The topological polar surface area (TPSA) is 84.9 Å². The van der Waals surface area contributed by atoms with E-state index >= 15 is 0 Å². The summed E-state index contributed by atoms with van der Waals surface area (Å²) in [6.07, 6.45) is 0.0456. The standard InChI is InChI=1S/C32H34N2O5/c1-20(2)17-27(29-30(21-11-5-4-6-12-21)34(31(29)36)18-28(35)38-3)33-32(37)39-19-26-24-15-9-7-13-22(24)23-14-8-10-16-25(23)26/h4-16,20,26-27,29-30H,17-19H2,1-3H3,(H,33,37)/t27-,29-,30-/m0/s1. The van der Waals surface area contributed by atoms with Gasteiger partial charge in [-0.3, -0.25) is 9.59 Å². The van der Waals surface area contributed by atoms with Gasteiger partial charge < -0.3 is 19.7 Å². The van der Waals surface area contributed by atoms with Gasteiger partial charge >= 0.3 is 12.1 Å². The molecule has 3 aromatic carbocycles. The Bertz CT molecular complexity index is 1310. The first-order valence-corrected chi connectivity index (χ1v) is 13.4. The summed E-state index contributed by atoms with van der Waals surface area (Å²) >= 11 is 0. The zero-order valence-electron chi connectivity index (χ0n) is 22.5. The number of amides is 2. The Morgan fingerprint density at radius 3 is 2.08 bits per heavy atom. The van der Waals surface area contributed by atoms with Gasteiger partial charge in [0, 0.05) is 12.0 Å². The summed E-state index contributed by atoms with van der Waals surface area (Å²) in [6.45, 7) is 4.17. The number of nitrogens with one attached hydrogen (secondary N) is 1. The summed E-state index contributed by atoms with van der Waals surface area (Å²) in [5, 5.41) is 3.02. The molecule has 0 aromatic heterocycles. The fraction of sp³-hybridized carbons (Fsp3) is 0.344. The van der Waals surface area contributed by atoms with E-state index in [1.54, 1.807) is 0 Å². The molecule has 5 rings (SSSR count). The van der Waals surface area contributed by atoms with Gasteiger partial charge in [0.25, 0.3) is 0 Å². The van der Waals surface area contributed by atoms with Crippen LogP contribution in [0.1, 0.15) is 48.9 Å². The van der Waals surface area contributed by atoms with Crippen molar-refractivity contribution in [2.24, 2.45) is 11.8 Å². The van der Waals surface area contributed by atoms with Gasteiger partial charge in [-0.05, 0) is 40.2 Å². The highest BCUT2D eigenvalue weighted by molar-refractivity contribution is 5.91. The van der Waals surface area contributed by atoms with Crippen LogP contribution in [0.5, 0.6) is 0 Å². The number of hydrogen-bond acceptors (Lipinski definition) is 5. The van der Waals surface area contributed by atoms with Crippen LogP contribution in [-0.4, -0.2) is 49.2 Å². The zero-order valence-corrected chi connectivity index (χ0v) is 22.5. The van der Waals surface area contributed by atoms with Gasteiger partial charge in [0.1, 0.15) is 13.2 Å². The third-order valence-corrected chi connectivity index (χ3v) is 7.72. The minimum Gasteiger partial charge on any atom is -0.468 e. The van der Waals surface area contributed by atoms with Gasteiger partial charge in [0.05, 0.1) is 19.1 Å². The number of benzene rings is 3. The van der Waals surface area contributed by atoms with Crippen molar-refractivity contribution in [3.05, 3.63) is 95.6 Å². The number of hydrogen-bond donors (Lipinski definition) is 1. The summed E-state index contributed by atoms with van der Waals surface area (Å²) in [5.74, 6) is -1.00. The molecule has 3 atom stereocenters. The Kier molecular flexibility index (Phi) is 7.68. The maximum atomic E-state index is 13.4. The number of methoxy groups -OCH3 is 1. The first-order chi connectivity index (χ1) is 18.9. The molecule has 0 spiro atoms. The highest BCUT2D eigenvalue weighted by Crippen LogP contribution is 2.45. The number of carbonyl (C=O) groups excluding carboxylic acids is 3. The molecular weight excluding hydrogens is 492 g/mol. The molecule has 2 aliphatic rings. The second-order valence-corrected chi connectivity index (χ2v) is 10.6. The van der Waals surface area contributed by atoms with Crippen LogP contribution in [0.3, 0.4) is 0 Å². The SMILES string of the molecule is COC(=O)CN1C(=O)[C@@H]([C@H](CC(C)C)NC(=O)OCC2c3ccccc3-c3ccccc32)[C@@H]1c1ccccc1. The predicted molar refractivity (Wildman–Crippen MR) is 148 cm³/mol. The van der Waals surface area contributed by atoms with Gasteiger partial charge in [-0.25, -0.2) is 4.79 Å². The minimum absolute atomic E-state index is 0.0513. The van der Waals surface area contributed by atoms with Gasteiger partial charge in [-0.15, -0.1) is 0 Å². The van der Waals surface area contributed by atoms with Crippen LogP contribution < -0.4 is 5.32 Å². The number of β-lactam (4-membered cyclic amide) rings is 1. The number of likely N-dealkylation sites (tertiary alicyclic amines) is 1. The van der Waals surface area contributed by atoms with E-state index in [4.69, 9.17) is 9.47 Å². The number of carbonyl (C=O) groups is 3. The summed E-state index contributed by atoms with van der Waals surface area (Å²) < 4.78 is 10.6. The number of fused-ring (bicyclic) bond motifs is 3. The third kappa shape index (κ3) is 5.26. The molecule has 1 saturated heterocycles. The maximum Gasteiger partial charge on any atom is 0.407 e. The first kappa shape index (κ1) is 26.5. The van der Waals surface area contributed by atoms with Crippen LogP contribution in [0.4, 0.5) is 4.79 Å². The zero-order chi connectivity index (χ0) is 27.5. The van der Waals surface area contributed by atoms with Gasteiger partial charge in [-0.2, -0.15) is 0 Å². The molecule has 0 bridgehead atoms. The number of rotatable bonds is 9. The van der Waals surface area contributed by atoms with Crippen molar-refractivity contribution in [3.8, 4) is 11.1 Å². The van der Waals surface area contributed by atoms with Crippen LogP contribution >= 0.6 is 0 Å². The van der Waals surface area contributed by atoms with Crippen molar-refractivity contribution in [2.45, 2.75) is 38.3 Å². The van der Waals surface area contributed by atoms with E-state index in [9.17, 15) is 14.4 Å². The summed E-state index contributed by atoms with van der Waals surface area (Å²) in [7, 11) is 1.31. The van der Waals surface area contributed by atoms with E-state index in [1.165, 1.54) is 12.0 Å². The highest BCUT2D eigenvalue weighted by Gasteiger charge is 2.52. The van der Waals surface area contributed by atoms with Crippen molar-refractivity contribution in [1.82, 2.24) is 10.2 Å². The van der Waals surface area contributed by atoms with Crippen molar-refractivity contribution in [2.75, 3.05) is 20.3 Å². The molecule has 1 fully saturated rings. The predicted octanol–water partition coefficient (Wildman–Crippen LogP) is 5.31. The van der Waals surface area contributed by atoms with E-state index in [1.807, 2.05) is 54.6 Å². The second-order valence-electron chi connectivity index (χ2n) is 10.6. The Morgan fingerprint density at radius 2 is 1.49 bits per heavy atom. The third-order valence-electron chi connectivity index (χ3n) is 7.72. The lowest BCUT2D eigenvalue weighted by Gasteiger charge is -2.50. The van der Waals surface area contributed by atoms with Gasteiger partial charge in [0.15, 0.2) is 0 Å². The van der Waals surface area contributed by atoms with E-state index in [-0.39, 0.29) is 36.9 Å². The molecule has 1 aliphatic carbocycles. The summed E-state index contributed by atoms with van der Waals surface area (Å²) in [6, 6.07) is 25.2. The van der Waals surface area contributed by atoms with Crippen molar-refractivity contribution < 1.29 is 23.9 Å². The lowest BCUT2D eigenvalue weighted by Crippen LogP contribution is -2.63. The molecule has 0 unspecified atom stereocenters. The van der Waals surface area contributed by atoms with Crippen LogP contribution in [0.15, 0.2) is 78.9 Å². The summed E-state index contributed by atoms with van der Waals surface area (Å²) in [4.78, 5) is 40.1. The lowest BCUT2D eigenvalue weighted by atomic mass is 9.75. The largest absolute Gasteiger partial charge is 0.468 e. The molecule has 7 nitrogen and oxygen atoms in total. The van der Waals surface area contributed by atoms with Gasteiger partial charge in [0.2, 0.25) is 5.91 Å². The maximum absolute atomic E-state index is 13.4. The Labute approximate surface area is 229 Å². The number of ether oxygens (including phenoxy) is 2. The normalized spacial score (nSPS) is 18.7. The monoisotopic (exact) mass is 526 g/mol. The molecule has 0 radical (unpaired) electrons. The molecule has 39 heavy (non-hydrogen) atoms. The molecule has 0 saturated carbocycles. The molecule has 2 amide bonds. The molecule has 1 N–H and O–H groups in total. The Balaban J connectivity index is 1.33. The minimum atomic E-state index is -0.548. The van der Waals surface area contributed by atoms with Crippen molar-refractivity contribution >= 4 is 18.0 Å². The second kappa shape index (κ2) is 11.3. The quantitative estimate of drug-likeness (QED) is 0.302. The highest BCUT2D eigenvalue weighted by atomic mass is 16.5. The van der Waals surface area contributed by atoms with Crippen LogP contribution in [0.25, 0.3) is 11.1 Å². The molecule has 1 aliphatic heterocycles. The van der Waals surface area contributed by atoms with Gasteiger partial charge in [-0.1, -0.05) is 92.7 Å². The summed E-state index contributed by atoms with van der Waals surface area (Å²) in [5.41, 5.74) is 5.52. The smallest absolute Gasteiger partial charge is 0.407 e. The van der Waals surface area contributed by atoms with E-state index in [0.29, 0.717) is 6.42 Å². The Hall–Kier alpha value is -4.13. The first-order valence-electron chi connectivity index (χ1n) is 13.4. The van der Waals surface area contributed by atoms with Crippen molar-refractivity contribution in [3.63, 3.8) is 0 Å². The number of alkyl carbamates (subject to hydrolysis) is 1. The molecular formula is C32H34N2O5. The van der Waals surface area contributed by atoms with Crippen LogP contribution in [-0.2, 0) is 19.1 Å². The van der Waals surface area contributed by atoms with E-state index in [0.717, 1.165) is 27.8 Å².